The lowest BCUT2D eigenvalue weighted by Gasteiger charge is -2.23. The molecule has 7 heteroatoms. The largest absolute Gasteiger partial charge is 0.487 e. The first-order valence-electron chi connectivity index (χ1n) is 10.2. The Morgan fingerprint density at radius 1 is 1.13 bits per heavy atom. The van der Waals surface area contributed by atoms with Gasteiger partial charge in [0.05, 0.1) is 30.4 Å². The second-order valence-corrected chi connectivity index (χ2v) is 8.04. The second-order valence-electron chi connectivity index (χ2n) is 8.04. The zero-order chi connectivity index (χ0) is 20.8. The van der Waals surface area contributed by atoms with Crippen LogP contribution in [0.3, 0.4) is 0 Å². The Morgan fingerprint density at radius 2 is 1.97 bits per heavy atom. The molecule has 1 saturated heterocycles. The lowest BCUT2D eigenvalue weighted by atomic mass is 9.98. The summed E-state index contributed by atoms with van der Waals surface area (Å²) >= 11 is 0. The van der Waals surface area contributed by atoms with Crippen LogP contribution in [0.15, 0.2) is 42.5 Å². The number of nitrogens with one attached hydrogen (secondary N) is 1. The highest BCUT2D eigenvalue weighted by molar-refractivity contribution is 6.36. The van der Waals surface area contributed by atoms with Crippen LogP contribution in [-0.2, 0) is 22.6 Å². The molecule has 3 heterocycles. The van der Waals surface area contributed by atoms with E-state index in [1.54, 1.807) is 0 Å². The van der Waals surface area contributed by atoms with Crippen LogP contribution in [0.4, 0.5) is 5.69 Å². The molecule has 1 amide bonds. The van der Waals surface area contributed by atoms with Crippen molar-refractivity contribution in [2.75, 3.05) is 25.0 Å². The van der Waals surface area contributed by atoms with Gasteiger partial charge >= 0.3 is 0 Å². The third-order valence-corrected chi connectivity index (χ3v) is 6.24. The molecule has 5 rings (SSSR count). The molecule has 3 aliphatic heterocycles. The number of aliphatic hydroxyl groups is 3. The molecule has 0 radical (unpaired) electrons. The predicted molar refractivity (Wildman–Crippen MR) is 111 cm³/mol. The molecule has 0 aliphatic carbocycles. The van der Waals surface area contributed by atoms with Gasteiger partial charge in [0.2, 0.25) is 0 Å². The number of carbonyl (C=O) groups is 1. The number of anilines is 1. The van der Waals surface area contributed by atoms with Gasteiger partial charge in [-0.2, -0.15) is 0 Å². The summed E-state index contributed by atoms with van der Waals surface area (Å²) in [6.45, 7) is 1.21. The van der Waals surface area contributed by atoms with Crippen LogP contribution in [0.25, 0.3) is 11.3 Å². The van der Waals surface area contributed by atoms with Crippen molar-refractivity contribution >= 4 is 22.9 Å². The molecular formula is C23H24N2O5. The first-order valence-corrected chi connectivity index (χ1v) is 10.2. The van der Waals surface area contributed by atoms with Gasteiger partial charge in [-0.05, 0) is 18.1 Å². The number of benzene rings is 2. The van der Waals surface area contributed by atoms with Gasteiger partial charge in [-0.3, -0.25) is 9.69 Å². The number of hydrogen-bond acceptors (Lipinski definition) is 6. The van der Waals surface area contributed by atoms with Crippen LogP contribution >= 0.6 is 0 Å². The Balaban J connectivity index is 1.37. The van der Waals surface area contributed by atoms with Crippen LogP contribution in [-0.4, -0.2) is 64.1 Å². The number of likely N-dealkylation sites (tertiary alicyclic amines) is 1. The van der Waals surface area contributed by atoms with Crippen LogP contribution in [0.5, 0.6) is 0 Å². The molecule has 0 aromatic heterocycles. The number of carbonyl (C=O) groups excluding carboxylic acids is 1. The van der Waals surface area contributed by atoms with Crippen molar-refractivity contribution in [3.63, 3.8) is 0 Å². The van der Waals surface area contributed by atoms with Crippen molar-refractivity contribution in [2.24, 2.45) is 0 Å². The summed E-state index contributed by atoms with van der Waals surface area (Å²) in [5, 5.41) is 32.2. The number of nitrogens with zero attached hydrogens (tertiary/aromatic N) is 1. The van der Waals surface area contributed by atoms with Gasteiger partial charge in [0.25, 0.3) is 5.91 Å². The Bertz CT molecular complexity index is 1030. The van der Waals surface area contributed by atoms with Crippen molar-refractivity contribution < 1.29 is 24.9 Å². The number of rotatable bonds is 4. The molecule has 0 bridgehead atoms. The molecule has 7 nitrogen and oxygen atoms in total. The van der Waals surface area contributed by atoms with Gasteiger partial charge in [0, 0.05) is 35.5 Å². The molecule has 0 spiro atoms. The average Bonchev–Trinajstić information content (AvgIpc) is 3.38. The van der Waals surface area contributed by atoms with E-state index in [9.17, 15) is 20.1 Å². The van der Waals surface area contributed by atoms with E-state index in [0.29, 0.717) is 31.0 Å². The molecule has 30 heavy (non-hydrogen) atoms. The lowest BCUT2D eigenvalue weighted by Crippen LogP contribution is -2.39. The quantitative estimate of drug-likeness (QED) is 0.563. The summed E-state index contributed by atoms with van der Waals surface area (Å²) in [5.74, 6) is 0.467. The van der Waals surface area contributed by atoms with E-state index in [4.69, 9.17) is 4.74 Å². The number of hydrogen-bond donors (Lipinski definition) is 4. The minimum Gasteiger partial charge on any atom is -0.487 e. The third-order valence-electron chi connectivity index (χ3n) is 6.24. The standard InChI is InChI=1S/C23H24N2O5/c26-11-18-21(28)19(27)10-25(18)8-7-13-5-6-15-14(9-13)12-30-22(15)20-16-3-1-2-4-17(16)24-23(20)29/h1-6,9,18-19,21,26-28H,7-8,10-12H2,(H,24,29)/t18-,19-,21-/m1/s1. The summed E-state index contributed by atoms with van der Waals surface area (Å²) < 4.78 is 5.94. The number of fused-ring (bicyclic) bond motifs is 2. The van der Waals surface area contributed by atoms with Crippen molar-refractivity contribution in [3.8, 4) is 0 Å². The van der Waals surface area contributed by atoms with Gasteiger partial charge in [0.15, 0.2) is 0 Å². The number of amides is 1. The highest BCUT2D eigenvalue weighted by Crippen LogP contribution is 2.41. The first kappa shape index (κ1) is 19.3. The summed E-state index contributed by atoms with van der Waals surface area (Å²) in [7, 11) is 0. The van der Waals surface area contributed by atoms with E-state index >= 15 is 0 Å². The third kappa shape index (κ3) is 3.11. The van der Waals surface area contributed by atoms with E-state index in [2.05, 4.69) is 11.4 Å². The Labute approximate surface area is 174 Å². The fourth-order valence-corrected chi connectivity index (χ4v) is 4.63. The maximum atomic E-state index is 12.5. The van der Waals surface area contributed by atoms with Gasteiger partial charge in [0.1, 0.15) is 12.4 Å². The highest BCUT2D eigenvalue weighted by atomic mass is 16.5. The smallest absolute Gasteiger partial charge is 0.260 e. The maximum absolute atomic E-state index is 12.5. The van der Waals surface area contributed by atoms with Crippen molar-refractivity contribution in [1.29, 1.82) is 0 Å². The van der Waals surface area contributed by atoms with Crippen molar-refractivity contribution in [2.45, 2.75) is 31.3 Å². The average molecular weight is 408 g/mol. The maximum Gasteiger partial charge on any atom is 0.260 e. The molecule has 0 saturated carbocycles. The Hall–Kier alpha value is -2.71. The van der Waals surface area contributed by atoms with E-state index in [-0.39, 0.29) is 12.5 Å². The summed E-state index contributed by atoms with van der Waals surface area (Å²) in [5.41, 5.74) is 5.30. The monoisotopic (exact) mass is 408 g/mol. The van der Waals surface area contributed by atoms with E-state index in [1.165, 1.54) is 0 Å². The fourth-order valence-electron chi connectivity index (χ4n) is 4.63. The van der Waals surface area contributed by atoms with Gasteiger partial charge < -0.3 is 25.4 Å². The Kier molecular flexibility index (Phi) is 4.83. The number of ether oxygens (including phenoxy) is 1. The van der Waals surface area contributed by atoms with Gasteiger partial charge in [-0.1, -0.05) is 36.4 Å². The van der Waals surface area contributed by atoms with Crippen LogP contribution < -0.4 is 5.32 Å². The van der Waals surface area contributed by atoms with E-state index in [0.717, 1.165) is 34.4 Å². The number of aliphatic hydroxyl groups excluding tert-OH is 3. The molecule has 2 aromatic carbocycles. The van der Waals surface area contributed by atoms with Gasteiger partial charge in [-0.25, -0.2) is 0 Å². The number of β-amino-alcohol motifs (C(OH)–C–C–N with tert-alkyl or cyclic N) is 1. The highest BCUT2D eigenvalue weighted by Gasteiger charge is 2.39. The van der Waals surface area contributed by atoms with Crippen LogP contribution in [0.2, 0.25) is 0 Å². The molecule has 2 aromatic rings. The van der Waals surface area contributed by atoms with Crippen molar-refractivity contribution in [3.05, 3.63) is 64.7 Å². The minimum atomic E-state index is -0.918. The summed E-state index contributed by atoms with van der Waals surface area (Å²) in [4.78, 5) is 14.5. The van der Waals surface area contributed by atoms with Gasteiger partial charge in [-0.15, -0.1) is 0 Å². The zero-order valence-corrected chi connectivity index (χ0v) is 16.4. The summed E-state index contributed by atoms with van der Waals surface area (Å²) in [6.07, 6.45) is -1.03. The SMILES string of the molecule is O=C1Nc2ccccc2C1=C1OCc2cc(CCN3C[C@@H](O)[C@H](O)[C@H]3CO)ccc21. The number of para-hydroxylation sites is 1. The normalized spacial score (nSPS) is 27.7. The topological polar surface area (TPSA) is 102 Å². The fraction of sp³-hybridized carbons (Fsp3) is 0.348. The van der Waals surface area contributed by atoms with Crippen molar-refractivity contribution in [1.82, 2.24) is 4.90 Å². The second kappa shape index (κ2) is 7.52. The minimum absolute atomic E-state index is 0.149. The molecule has 156 valence electrons. The van der Waals surface area contributed by atoms with Crippen LogP contribution in [0, 0.1) is 0 Å². The molecule has 1 fully saturated rings. The molecule has 0 unspecified atom stereocenters. The predicted octanol–water partition coefficient (Wildman–Crippen LogP) is 0.978. The molecule has 3 aliphatic rings. The Morgan fingerprint density at radius 3 is 2.80 bits per heavy atom. The van der Waals surface area contributed by atoms with E-state index in [1.807, 2.05) is 41.3 Å². The molecule has 4 N–H and O–H groups in total. The zero-order valence-electron chi connectivity index (χ0n) is 16.4. The van der Waals surface area contributed by atoms with Crippen LogP contribution in [0.1, 0.15) is 22.3 Å². The van der Waals surface area contributed by atoms with E-state index < -0.39 is 18.2 Å². The molecular weight excluding hydrogens is 384 g/mol. The molecule has 3 atom stereocenters. The summed E-state index contributed by atoms with van der Waals surface area (Å²) in [6, 6.07) is 13.3. The lowest BCUT2D eigenvalue weighted by molar-refractivity contribution is -0.110. The first-order chi connectivity index (χ1) is 14.6.